The highest BCUT2D eigenvalue weighted by Crippen LogP contribution is 2.32. The number of aliphatic hydroxyl groups excluding tert-OH is 1. The van der Waals surface area contributed by atoms with E-state index in [0.717, 1.165) is 31.0 Å². The lowest BCUT2D eigenvalue weighted by atomic mass is 10.2. The third-order valence-corrected chi connectivity index (χ3v) is 4.83. The van der Waals surface area contributed by atoms with Crippen molar-refractivity contribution >= 4 is 5.82 Å². The molecule has 0 unspecified atom stereocenters. The van der Waals surface area contributed by atoms with Crippen LogP contribution >= 0.6 is 0 Å². The first-order chi connectivity index (χ1) is 11.7. The van der Waals surface area contributed by atoms with Crippen molar-refractivity contribution in [3.63, 3.8) is 0 Å². The molecule has 2 saturated heterocycles. The normalized spacial score (nSPS) is 24.8. The van der Waals surface area contributed by atoms with Gasteiger partial charge in [-0.2, -0.15) is 4.98 Å². The number of hydrogen-bond donors (Lipinski definition) is 1. The smallest absolute Gasteiger partial charge is 0.244 e. The van der Waals surface area contributed by atoms with Gasteiger partial charge in [-0.05, 0) is 37.8 Å². The van der Waals surface area contributed by atoms with Gasteiger partial charge in [0.05, 0.1) is 12.1 Å². The lowest BCUT2D eigenvalue weighted by molar-refractivity contribution is 0.169. The van der Waals surface area contributed by atoms with E-state index in [-0.39, 0.29) is 12.1 Å². The molecule has 0 saturated carbocycles. The van der Waals surface area contributed by atoms with Gasteiger partial charge in [-0.3, -0.25) is 4.90 Å². The summed E-state index contributed by atoms with van der Waals surface area (Å²) in [6.45, 7) is 5.34. The average molecular weight is 329 g/mol. The molecule has 0 radical (unpaired) electrons. The molecule has 128 valence electrons. The van der Waals surface area contributed by atoms with Crippen LogP contribution in [0.3, 0.4) is 0 Å². The summed E-state index contributed by atoms with van der Waals surface area (Å²) in [6.07, 6.45) is 4.70. The summed E-state index contributed by atoms with van der Waals surface area (Å²) >= 11 is 0. The lowest BCUT2D eigenvalue weighted by Crippen LogP contribution is -2.25. The Morgan fingerprint density at radius 2 is 2.12 bits per heavy atom. The van der Waals surface area contributed by atoms with E-state index >= 15 is 0 Å². The molecule has 2 atom stereocenters. The zero-order chi connectivity index (χ0) is 16.5. The van der Waals surface area contributed by atoms with Crippen LogP contribution in [0.5, 0.6) is 0 Å². The first kappa shape index (κ1) is 15.5. The summed E-state index contributed by atoms with van der Waals surface area (Å²) in [7, 11) is 0. The monoisotopic (exact) mass is 329 g/mol. The molecule has 0 aliphatic carbocycles. The molecule has 0 spiro atoms. The zero-order valence-corrected chi connectivity index (χ0v) is 13.9. The molecule has 2 aliphatic heterocycles. The third kappa shape index (κ3) is 3.14. The van der Waals surface area contributed by atoms with Crippen LogP contribution < -0.4 is 4.90 Å². The molecule has 2 aromatic heterocycles. The number of pyridine rings is 1. The van der Waals surface area contributed by atoms with E-state index in [1.54, 1.807) is 0 Å². The molecule has 24 heavy (non-hydrogen) atoms. The van der Waals surface area contributed by atoms with Crippen LogP contribution in [0.15, 0.2) is 22.9 Å². The SMILES string of the molecule is Cc1noc([C@H]2C[C@H](O)CN2Cc2ccc(N3CCCC3)nc2)n1. The second kappa shape index (κ2) is 6.49. The van der Waals surface area contributed by atoms with Gasteiger partial charge in [-0.25, -0.2) is 4.98 Å². The van der Waals surface area contributed by atoms with E-state index in [1.807, 2.05) is 13.1 Å². The zero-order valence-electron chi connectivity index (χ0n) is 13.9. The highest BCUT2D eigenvalue weighted by molar-refractivity contribution is 5.40. The maximum Gasteiger partial charge on any atom is 0.244 e. The highest BCUT2D eigenvalue weighted by atomic mass is 16.5. The number of aliphatic hydroxyl groups is 1. The Bertz CT molecular complexity index is 681. The minimum atomic E-state index is -0.362. The van der Waals surface area contributed by atoms with Gasteiger partial charge in [0.25, 0.3) is 0 Å². The number of β-amino-alcohol motifs (C(OH)–C–C–N with tert-alkyl or cyclic N) is 1. The predicted octanol–water partition coefficient (Wildman–Crippen LogP) is 1.68. The molecule has 2 aromatic rings. The third-order valence-electron chi connectivity index (χ3n) is 4.83. The maximum absolute atomic E-state index is 10.0. The van der Waals surface area contributed by atoms with Crippen molar-refractivity contribution in [2.45, 2.75) is 44.9 Å². The summed E-state index contributed by atoms with van der Waals surface area (Å²) in [4.78, 5) is 13.5. The van der Waals surface area contributed by atoms with Gasteiger partial charge in [-0.15, -0.1) is 0 Å². The van der Waals surface area contributed by atoms with Gasteiger partial charge in [0.1, 0.15) is 5.82 Å². The molecule has 0 bridgehead atoms. The van der Waals surface area contributed by atoms with E-state index in [0.29, 0.717) is 24.7 Å². The Labute approximate surface area is 141 Å². The topological polar surface area (TPSA) is 78.5 Å². The van der Waals surface area contributed by atoms with Crippen LogP contribution in [0.2, 0.25) is 0 Å². The largest absolute Gasteiger partial charge is 0.392 e. The predicted molar refractivity (Wildman–Crippen MR) is 88.5 cm³/mol. The number of anilines is 1. The van der Waals surface area contributed by atoms with E-state index in [4.69, 9.17) is 4.52 Å². The van der Waals surface area contributed by atoms with Gasteiger partial charge in [0, 0.05) is 32.4 Å². The van der Waals surface area contributed by atoms with Gasteiger partial charge in [0.15, 0.2) is 5.82 Å². The van der Waals surface area contributed by atoms with Crippen LogP contribution in [-0.2, 0) is 6.54 Å². The molecule has 7 nitrogen and oxygen atoms in total. The first-order valence-corrected chi connectivity index (χ1v) is 8.61. The molecule has 2 fully saturated rings. The highest BCUT2D eigenvalue weighted by Gasteiger charge is 2.35. The van der Waals surface area contributed by atoms with Gasteiger partial charge < -0.3 is 14.5 Å². The molecular formula is C17H23N5O2. The standard InChI is InChI=1S/C17H23N5O2/c1-12-19-17(24-20-12)15-8-14(23)11-22(15)10-13-4-5-16(18-9-13)21-6-2-3-7-21/h4-5,9,14-15,23H,2-3,6-8,10-11H2,1H3/t14-,15+/m0/s1. The number of nitrogens with zero attached hydrogens (tertiary/aromatic N) is 5. The quantitative estimate of drug-likeness (QED) is 0.914. The molecule has 1 N–H and O–H groups in total. The van der Waals surface area contributed by atoms with E-state index in [9.17, 15) is 5.11 Å². The Morgan fingerprint density at radius 3 is 2.79 bits per heavy atom. The molecule has 4 rings (SSSR count). The average Bonchev–Trinajstić information content (AvgIpc) is 3.30. The van der Waals surface area contributed by atoms with Crippen molar-refractivity contribution in [1.82, 2.24) is 20.0 Å². The lowest BCUT2D eigenvalue weighted by Gasteiger charge is -2.22. The van der Waals surface area contributed by atoms with Gasteiger partial charge in [-0.1, -0.05) is 11.2 Å². The number of hydrogen-bond acceptors (Lipinski definition) is 7. The molecule has 0 amide bonds. The second-order valence-corrected chi connectivity index (χ2v) is 6.73. The van der Waals surface area contributed by atoms with Crippen LogP contribution in [0, 0.1) is 6.92 Å². The van der Waals surface area contributed by atoms with Crippen molar-refractivity contribution in [1.29, 1.82) is 0 Å². The summed E-state index contributed by atoms with van der Waals surface area (Å²) in [5.74, 6) is 2.27. The molecule has 2 aliphatic rings. The number of aromatic nitrogens is 3. The minimum Gasteiger partial charge on any atom is -0.392 e. The van der Waals surface area contributed by atoms with Crippen LogP contribution in [0.25, 0.3) is 0 Å². The first-order valence-electron chi connectivity index (χ1n) is 8.61. The summed E-state index contributed by atoms with van der Waals surface area (Å²) in [6, 6.07) is 4.19. The van der Waals surface area contributed by atoms with Gasteiger partial charge in [0.2, 0.25) is 5.89 Å². The minimum absolute atomic E-state index is 0.0283. The Balaban J connectivity index is 1.46. The van der Waals surface area contributed by atoms with Crippen molar-refractivity contribution in [3.05, 3.63) is 35.6 Å². The fourth-order valence-corrected chi connectivity index (χ4v) is 3.64. The Hall–Kier alpha value is -1.99. The van der Waals surface area contributed by atoms with Gasteiger partial charge >= 0.3 is 0 Å². The molecule has 4 heterocycles. The number of aryl methyl sites for hydroxylation is 1. The van der Waals surface area contributed by atoms with Crippen LogP contribution in [0.4, 0.5) is 5.82 Å². The van der Waals surface area contributed by atoms with Crippen LogP contribution in [-0.4, -0.2) is 50.9 Å². The van der Waals surface area contributed by atoms with Crippen molar-refractivity contribution in [2.75, 3.05) is 24.5 Å². The van der Waals surface area contributed by atoms with Crippen molar-refractivity contribution in [3.8, 4) is 0 Å². The molecule has 7 heteroatoms. The van der Waals surface area contributed by atoms with E-state index in [1.165, 1.54) is 12.8 Å². The van der Waals surface area contributed by atoms with E-state index < -0.39 is 0 Å². The summed E-state index contributed by atoms with van der Waals surface area (Å²) in [5.41, 5.74) is 1.13. The maximum atomic E-state index is 10.0. The molecular weight excluding hydrogens is 306 g/mol. The Kier molecular flexibility index (Phi) is 4.20. The Morgan fingerprint density at radius 1 is 1.29 bits per heavy atom. The van der Waals surface area contributed by atoms with Crippen molar-refractivity contribution in [2.24, 2.45) is 0 Å². The van der Waals surface area contributed by atoms with E-state index in [2.05, 4.69) is 37.1 Å². The second-order valence-electron chi connectivity index (χ2n) is 6.73. The summed E-state index contributed by atoms with van der Waals surface area (Å²) < 4.78 is 5.31. The molecule has 0 aromatic carbocycles. The summed E-state index contributed by atoms with van der Waals surface area (Å²) in [5, 5.41) is 13.9. The fraction of sp³-hybridized carbons (Fsp3) is 0.588. The van der Waals surface area contributed by atoms with Crippen LogP contribution in [0.1, 0.15) is 42.6 Å². The number of rotatable bonds is 4. The number of likely N-dealkylation sites (tertiary alicyclic amines) is 1. The van der Waals surface area contributed by atoms with Crippen molar-refractivity contribution < 1.29 is 9.63 Å². The fourth-order valence-electron chi connectivity index (χ4n) is 3.64.